The number of rotatable bonds is 3. The highest BCUT2D eigenvalue weighted by atomic mass is 16.2. The molecule has 0 spiro atoms. The molecule has 74 valence electrons. The second kappa shape index (κ2) is 4.87. The lowest BCUT2D eigenvalue weighted by molar-refractivity contribution is -0.121. The van der Waals surface area contributed by atoms with Crippen molar-refractivity contribution in [2.75, 3.05) is 12.3 Å². The van der Waals surface area contributed by atoms with Crippen LogP contribution in [0.5, 0.6) is 0 Å². The molecule has 6 nitrogen and oxygen atoms in total. The van der Waals surface area contributed by atoms with E-state index in [1.54, 1.807) is 6.92 Å². The number of nitrogens with zero attached hydrogens (tertiary/aromatic N) is 3. The average molecular weight is 193 g/mol. The molecule has 0 unspecified atom stereocenters. The molecular weight excluding hydrogens is 182 g/mol. The van der Waals surface area contributed by atoms with Gasteiger partial charge in [0.05, 0.1) is 6.54 Å². The van der Waals surface area contributed by atoms with Crippen molar-refractivity contribution in [3.63, 3.8) is 0 Å². The van der Waals surface area contributed by atoms with E-state index in [1.807, 2.05) is 0 Å². The van der Waals surface area contributed by atoms with Gasteiger partial charge in [0, 0.05) is 0 Å². The van der Waals surface area contributed by atoms with Crippen molar-refractivity contribution in [2.45, 2.75) is 13.5 Å². The number of anilines is 1. The molecule has 1 aromatic heterocycles. The van der Waals surface area contributed by atoms with Crippen molar-refractivity contribution >= 4 is 11.9 Å². The van der Waals surface area contributed by atoms with E-state index in [-0.39, 0.29) is 18.4 Å². The predicted molar refractivity (Wildman–Crippen MR) is 50.9 cm³/mol. The average Bonchev–Trinajstić information content (AvgIpc) is 2.52. The summed E-state index contributed by atoms with van der Waals surface area (Å²) >= 11 is 0. The summed E-state index contributed by atoms with van der Waals surface area (Å²) in [5, 5.41) is 6.36. The molecule has 1 amide bonds. The summed E-state index contributed by atoms with van der Waals surface area (Å²) in [5.41, 5.74) is 5.28. The van der Waals surface area contributed by atoms with Gasteiger partial charge in [-0.05, 0) is 6.92 Å². The highest BCUT2D eigenvalue weighted by Crippen LogP contribution is 1.88. The molecule has 0 aliphatic rings. The second-order valence-corrected chi connectivity index (χ2v) is 2.50. The molecule has 0 aliphatic carbocycles. The fourth-order valence-electron chi connectivity index (χ4n) is 0.819. The lowest BCUT2D eigenvalue weighted by atomic mass is 10.5. The summed E-state index contributed by atoms with van der Waals surface area (Å²) < 4.78 is 1.37. The van der Waals surface area contributed by atoms with E-state index in [0.717, 1.165) is 0 Å². The van der Waals surface area contributed by atoms with Crippen LogP contribution >= 0.6 is 0 Å². The monoisotopic (exact) mass is 193 g/mol. The standard InChI is InChI=1S/C8H11N5O/c1-2-3-4-10-7(14)5-13-6-11-8(9)12-13/h6H,4-5H2,1H3,(H2,9,12)(H,10,14). The van der Waals surface area contributed by atoms with E-state index in [0.29, 0.717) is 6.54 Å². The topological polar surface area (TPSA) is 85.8 Å². The molecule has 1 heterocycles. The molecule has 0 atom stereocenters. The maximum Gasteiger partial charge on any atom is 0.242 e. The molecule has 0 bridgehead atoms. The van der Waals surface area contributed by atoms with Gasteiger partial charge in [-0.1, -0.05) is 5.92 Å². The summed E-state index contributed by atoms with van der Waals surface area (Å²) in [5.74, 6) is 5.38. The number of carbonyl (C=O) groups is 1. The van der Waals surface area contributed by atoms with Crippen molar-refractivity contribution in [3.8, 4) is 11.8 Å². The van der Waals surface area contributed by atoms with Gasteiger partial charge in [0.25, 0.3) is 0 Å². The summed E-state index contributed by atoms with van der Waals surface area (Å²) in [6, 6.07) is 0. The second-order valence-electron chi connectivity index (χ2n) is 2.50. The minimum Gasteiger partial charge on any atom is -0.367 e. The van der Waals surface area contributed by atoms with E-state index >= 15 is 0 Å². The van der Waals surface area contributed by atoms with Gasteiger partial charge in [0.2, 0.25) is 11.9 Å². The Morgan fingerprint density at radius 3 is 3.14 bits per heavy atom. The van der Waals surface area contributed by atoms with Gasteiger partial charge >= 0.3 is 0 Å². The van der Waals surface area contributed by atoms with E-state index < -0.39 is 0 Å². The molecule has 1 aromatic rings. The molecule has 14 heavy (non-hydrogen) atoms. The number of amides is 1. The first kappa shape index (κ1) is 10.1. The molecule has 0 fully saturated rings. The molecular formula is C8H11N5O. The van der Waals surface area contributed by atoms with E-state index in [4.69, 9.17) is 5.73 Å². The first-order valence-corrected chi connectivity index (χ1v) is 4.03. The van der Waals surface area contributed by atoms with Crippen LogP contribution in [0.2, 0.25) is 0 Å². The molecule has 0 saturated heterocycles. The molecule has 0 aromatic carbocycles. The van der Waals surface area contributed by atoms with Crippen molar-refractivity contribution in [3.05, 3.63) is 6.33 Å². The fourth-order valence-corrected chi connectivity index (χ4v) is 0.819. The minimum atomic E-state index is -0.169. The molecule has 0 aliphatic heterocycles. The summed E-state index contributed by atoms with van der Waals surface area (Å²) in [7, 11) is 0. The fraction of sp³-hybridized carbons (Fsp3) is 0.375. The molecule has 0 radical (unpaired) electrons. The Hall–Kier alpha value is -2.03. The number of nitrogen functional groups attached to an aromatic ring is 1. The van der Waals surface area contributed by atoms with Crippen molar-refractivity contribution in [1.29, 1.82) is 0 Å². The van der Waals surface area contributed by atoms with Gasteiger partial charge in [-0.25, -0.2) is 9.67 Å². The molecule has 1 rings (SSSR count). The van der Waals surface area contributed by atoms with Gasteiger partial charge in [0.1, 0.15) is 12.9 Å². The quantitative estimate of drug-likeness (QED) is 0.603. The normalized spacial score (nSPS) is 8.93. The number of nitrogens with two attached hydrogens (primary N) is 1. The van der Waals surface area contributed by atoms with E-state index in [9.17, 15) is 4.79 Å². The lowest BCUT2D eigenvalue weighted by Gasteiger charge is -1.99. The van der Waals surface area contributed by atoms with Crippen LogP contribution in [0.25, 0.3) is 0 Å². The molecule has 0 saturated carbocycles. The first-order chi connectivity index (χ1) is 6.72. The Kier molecular flexibility index (Phi) is 3.49. The van der Waals surface area contributed by atoms with Crippen LogP contribution in [0, 0.1) is 11.8 Å². The van der Waals surface area contributed by atoms with Crippen molar-refractivity contribution in [2.24, 2.45) is 0 Å². The number of aromatic nitrogens is 3. The Balaban J connectivity index is 2.36. The van der Waals surface area contributed by atoms with Crippen LogP contribution in [-0.2, 0) is 11.3 Å². The van der Waals surface area contributed by atoms with Gasteiger partial charge in [-0.15, -0.1) is 11.0 Å². The number of nitrogens with one attached hydrogen (secondary N) is 1. The first-order valence-electron chi connectivity index (χ1n) is 4.03. The lowest BCUT2D eigenvalue weighted by Crippen LogP contribution is -2.28. The van der Waals surface area contributed by atoms with Gasteiger partial charge in [-0.3, -0.25) is 4.79 Å². The van der Waals surface area contributed by atoms with Crippen LogP contribution in [0.4, 0.5) is 5.95 Å². The third-order valence-electron chi connectivity index (χ3n) is 1.41. The predicted octanol–water partition coefficient (Wildman–Crippen LogP) is -1.00. The maximum atomic E-state index is 11.2. The van der Waals surface area contributed by atoms with Crippen LogP contribution < -0.4 is 11.1 Å². The molecule has 6 heteroatoms. The summed E-state index contributed by atoms with van der Waals surface area (Å²) in [6.45, 7) is 2.17. The maximum absolute atomic E-state index is 11.2. The van der Waals surface area contributed by atoms with Crippen LogP contribution in [0.15, 0.2) is 6.33 Å². The van der Waals surface area contributed by atoms with Crippen molar-refractivity contribution < 1.29 is 4.79 Å². The van der Waals surface area contributed by atoms with Gasteiger partial charge < -0.3 is 11.1 Å². The summed E-state index contributed by atoms with van der Waals surface area (Å²) in [4.78, 5) is 14.9. The SMILES string of the molecule is CC#CCNC(=O)Cn1cnc(N)n1. The largest absolute Gasteiger partial charge is 0.367 e. The highest BCUT2D eigenvalue weighted by molar-refractivity contribution is 5.75. The van der Waals surface area contributed by atoms with Gasteiger partial charge in [-0.2, -0.15) is 0 Å². The zero-order chi connectivity index (χ0) is 10.4. The Morgan fingerprint density at radius 2 is 2.57 bits per heavy atom. The molecule has 3 N–H and O–H groups in total. The summed E-state index contributed by atoms with van der Waals surface area (Å²) in [6.07, 6.45) is 1.40. The van der Waals surface area contributed by atoms with E-state index in [2.05, 4.69) is 27.2 Å². The zero-order valence-electron chi connectivity index (χ0n) is 7.82. The van der Waals surface area contributed by atoms with E-state index in [1.165, 1.54) is 11.0 Å². The highest BCUT2D eigenvalue weighted by Gasteiger charge is 2.02. The zero-order valence-corrected chi connectivity index (χ0v) is 7.82. The Bertz CT molecular complexity index is 373. The van der Waals surface area contributed by atoms with Crippen molar-refractivity contribution in [1.82, 2.24) is 20.1 Å². The van der Waals surface area contributed by atoms with Gasteiger partial charge in [0.15, 0.2) is 0 Å². The third-order valence-corrected chi connectivity index (χ3v) is 1.41. The number of hydrogen-bond acceptors (Lipinski definition) is 4. The Morgan fingerprint density at radius 1 is 1.79 bits per heavy atom. The van der Waals surface area contributed by atoms with Crippen LogP contribution in [0.3, 0.4) is 0 Å². The number of hydrogen-bond donors (Lipinski definition) is 2. The smallest absolute Gasteiger partial charge is 0.242 e. The van der Waals surface area contributed by atoms with Crippen LogP contribution in [-0.4, -0.2) is 27.2 Å². The third kappa shape index (κ3) is 3.15. The minimum absolute atomic E-state index is 0.107. The Labute approximate surface area is 81.5 Å². The van der Waals surface area contributed by atoms with Crippen LogP contribution in [0.1, 0.15) is 6.92 Å². The number of carbonyl (C=O) groups excluding carboxylic acids is 1.